The minimum Gasteiger partial charge on any atom is -0.270 e. The van der Waals surface area contributed by atoms with Gasteiger partial charge in [-0.3, -0.25) is 4.57 Å². The first-order valence-electron chi connectivity index (χ1n) is 6.62. The Morgan fingerprint density at radius 1 is 1.09 bits per heavy atom. The van der Waals surface area contributed by atoms with Gasteiger partial charge in [-0.25, -0.2) is 4.39 Å². The van der Waals surface area contributed by atoms with E-state index in [0.717, 1.165) is 5.69 Å². The lowest BCUT2D eigenvalue weighted by Crippen LogP contribution is -1.99. The predicted molar refractivity (Wildman–Crippen MR) is 86.3 cm³/mol. The fourth-order valence-electron chi connectivity index (χ4n) is 2.09. The molecule has 0 atom stereocenters. The number of halogens is 1. The van der Waals surface area contributed by atoms with Crippen molar-refractivity contribution in [3.8, 4) is 29.4 Å². The SMILES string of the molecule is C#CCSc1nnc(-c2cccc(F)c2)n1-c1ccccc1. The number of hydrogen-bond donors (Lipinski definition) is 0. The summed E-state index contributed by atoms with van der Waals surface area (Å²) in [6, 6.07) is 16.0. The molecule has 1 aromatic heterocycles. The molecule has 3 aromatic rings. The van der Waals surface area contributed by atoms with E-state index in [-0.39, 0.29) is 5.82 Å². The van der Waals surface area contributed by atoms with Gasteiger partial charge < -0.3 is 0 Å². The average molecular weight is 309 g/mol. The third-order valence-electron chi connectivity index (χ3n) is 3.02. The molecule has 0 aliphatic heterocycles. The Labute approximate surface area is 132 Å². The molecule has 0 saturated carbocycles. The Bertz CT molecular complexity index is 821. The molecule has 0 spiro atoms. The molecule has 0 saturated heterocycles. The number of nitrogens with zero attached hydrogens (tertiary/aromatic N) is 3. The summed E-state index contributed by atoms with van der Waals surface area (Å²) in [7, 11) is 0. The number of hydrogen-bond acceptors (Lipinski definition) is 3. The third-order valence-corrected chi connectivity index (χ3v) is 3.85. The highest BCUT2D eigenvalue weighted by atomic mass is 32.2. The van der Waals surface area contributed by atoms with Crippen LogP contribution in [0.4, 0.5) is 4.39 Å². The van der Waals surface area contributed by atoms with E-state index in [0.29, 0.717) is 22.3 Å². The molecule has 0 fully saturated rings. The van der Waals surface area contributed by atoms with Crippen molar-refractivity contribution in [3.05, 3.63) is 60.4 Å². The molecular weight excluding hydrogens is 297 g/mol. The molecule has 0 radical (unpaired) electrons. The first-order chi connectivity index (χ1) is 10.8. The molecule has 2 aromatic carbocycles. The number of para-hydroxylation sites is 1. The van der Waals surface area contributed by atoms with Crippen LogP contribution in [0, 0.1) is 18.2 Å². The maximum atomic E-state index is 13.5. The molecule has 22 heavy (non-hydrogen) atoms. The van der Waals surface area contributed by atoms with E-state index in [2.05, 4.69) is 16.1 Å². The van der Waals surface area contributed by atoms with Crippen LogP contribution in [0.1, 0.15) is 0 Å². The molecule has 5 heteroatoms. The quantitative estimate of drug-likeness (QED) is 0.542. The van der Waals surface area contributed by atoms with E-state index in [4.69, 9.17) is 6.42 Å². The van der Waals surface area contributed by atoms with Gasteiger partial charge in [0.05, 0.1) is 5.75 Å². The smallest absolute Gasteiger partial charge is 0.197 e. The molecule has 0 bridgehead atoms. The van der Waals surface area contributed by atoms with E-state index < -0.39 is 0 Å². The Kier molecular flexibility index (Phi) is 4.22. The molecular formula is C17H12FN3S. The average Bonchev–Trinajstić information content (AvgIpc) is 2.97. The Hall–Kier alpha value is -2.58. The lowest BCUT2D eigenvalue weighted by Gasteiger charge is -2.09. The van der Waals surface area contributed by atoms with Crippen LogP contribution in [-0.4, -0.2) is 20.5 Å². The van der Waals surface area contributed by atoms with Gasteiger partial charge in [-0.05, 0) is 24.3 Å². The lowest BCUT2D eigenvalue weighted by atomic mass is 10.2. The largest absolute Gasteiger partial charge is 0.270 e. The highest BCUT2D eigenvalue weighted by Gasteiger charge is 2.16. The second-order valence-electron chi connectivity index (χ2n) is 4.48. The fraction of sp³-hybridized carbons (Fsp3) is 0.0588. The zero-order valence-corrected chi connectivity index (χ0v) is 12.4. The second kappa shape index (κ2) is 6.46. The summed E-state index contributed by atoms with van der Waals surface area (Å²) < 4.78 is 15.4. The normalized spacial score (nSPS) is 10.4. The van der Waals surface area contributed by atoms with Gasteiger partial charge in [-0.1, -0.05) is 48.0 Å². The van der Waals surface area contributed by atoms with Gasteiger partial charge in [0.15, 0.2) is 11.0 Å². The molecule has 1 heterocycles. The minimum absolute atomic E-state index is 0.307. The summed E-state index contributed by atoms with van der Waals surface area (Å²) >= 11 is 1.42. The van der Waals surface area contributed by atoms with Crippen molar-refractivity contribution in [2.45, 2.75) is 5.16 Å². The fourth-order valence-corrected chi connectivity index (χ4v) is 2.73. The first kappa shape index (κ1) is 14.4. The molecule has 3 nitrogen and oxygen atoms in total. The van der Waals surface area contributed by atoms with Crippen molar-refractivity contribution in [1.82, 2.24) is 14.8 Å². The summed E-state index contributed by atoms with van der Waals surface area (Å²) in [6.07, 6.45) is 5.33. The van der Waals surface area contributed by atoms with Crippen molar-refractivity contribution >= 4 is 11.8 Å². The maximum absolute atomic E-state index is 13.5. The van der Waals surface area contributed by atoms with Crippen molar-refractivity contribution in [2.24, 2.45) is 0 Å². The molecule has 3 rings (SSSR count). The van der Waals surface area contributed by atoms with Gasteiger partial charge in [0.25, 0.3) is 0 Å². The number of rotatable bonds is 4. The minimum atomic E-state index is -0.307. The highest BCUT2D eigenvalue weighted by molar-refractivity contribution is 7.99. The van der Waals surface area contributed by atoms with Gasteiger partial charge >= 0.3 is 0 Å². The predicted octanol–water partition coefficient (Wildman–Crippen LogP) is 3.80. The van der Waals surface area contributed by atoms with E-state index in [1.54, 1.807) is 6.07 Å². The molecule has 0 aliphatic carbocycles. The lowest BCUT2D eigenvalue weighted by molar-refractivity contribution is 0.628. The van der Waals surface area contributed by atoms with Crippen molar-refractivity contribution in [3.63, 3.8) is 0 Å². The monoisotopic (exact) mass is 309 g/mol. The van der Waals surface area contributed by atoms with Gasteiger partial charge in [-0.2, -0.15) is 0 Å². The van der Waals surface area contributed by atoms with Crippen LogP contribution in [0.15, 0.2) is 59.8 Å². The molecule has 0 N–H and O–H groups in total. The maximum Gasteiger partial charge on any atom is 0.197 e. The van der Waals surface area contributed by atoms with Crippen LogP contribution < -0.4 is 0 Å². The van der Waals surface area contributed by atoms with Crippen LogP contribution in [0.3, 0.4) is 0 Å². The molecule has 0 unspecified atom stereocenters. The third kappa shape index (κ3) is 2.87. The Balaban J connectivity index is 2.15. The number of thioether (sulfide) groups is 1. The van der Waals surface area contributed by atoms with E-state index in [9.17, 15) is 4.39 Å². The molecule has 0 aliphatic rings. The van der Waals surface area contributed by atoms with Crippen LogP contribution in [0.25, 0.3) is 17.1 Å². The van der Waals surface area contributed by atoms with E-state index in [1.165, 1.54) is 23.9 Å². The zero-order valence-electron chi connectivity index (χ0n) is 11.6. The van der Waals surface area contributed by atoms with E-state index >= 15 is 0 Å². The van der Waals surface area contributed by atoms with Crippen molar-refractivity contribution in [1.29, 1.82) is 0 Å². The van der Waals surface area contributed by atoms with Gasteiger partial charge in [0.1, 0.15) is 5.82 Å². The van der Waals surface area contributed by atoms with Gasteiger partial charge in [0.2, 0.25) is 0 Å². The summed E-state index contributed by atoms with van der Waals surface area (Å²) in [6.45, 7) is 0. The highest BCUT2D eigenvalue weighted by Crippen LogP contribution is 2.27. The Morgan fingerprint density at radius 2 is 1.91 bits per heavy atom. The summed E-state index contributed by atoms with van der Waals surface area (Å²) in [4.78, 5) is 0. The Morgan fingerprint density at radius 3 is 2.64 bits per heavy atom. The van der Waals surface area contributed by atoms with Crippen LogP contribution in [0.2, 0.25) is 0 Å². The summed E-state index contributed by atoms with van der Waals surface area (Å²) in [5.41, 5.74) is 1.58. The molecule has 108 valence electrons. The van der Waals surface area contributed by atoms with Crippen molar-refractivity contribution in [2.75, 3.05) is 5.75 Å². The van der Waals surface area contributed by atoms with Crippen molar-refractivity contribution < 1.29 is 4.39 Å². The van der Waals surface area contributed by atoms with Crippen LogP contribution in [0.5, 0.6) is 0 Å². The standard InChI is InChI=1S/C17H12FN3S/c1-2-11-22-17-20-19-16(13-7-6-8-14(18)12-13)21(17)15-9-4-3-5-10-15/h1,3-10,12H,11H2. The summed E-state index contributed by atoms with van der Waals surface area (Å²) in [5, 5.41) is 9.09. The molecule has 0 amide bonds. The van der Waals surface area contributed by atoms with Gasteiger partial charge in [0, 0.05) is 11.3 Å². The number of benzene rings is 2. The van der Waals surface area contributed by atoms with Crippen LogP contribution >= 0.6 is 11.8 Å². The number of terminal acetylenes is 1. The topological polar surface area (TPSA) is 30.7 Å². The summed E-state index contributed by atoms with van der Waals surface area (Å²) in [5.74, 6) is 3.35. The second-order valence-corrected chi connectivity index (χ2v) is 5.42. The van der Waals surface area contributed by atoms with E-state index in [1.807, 2.05) is 41.0 Å². The zero-order chi connectivity index (χ0) is 15.4. The van der Waals surface area contributed by atoms with Gasteiger partial charge in [-0.15, -0.1) is 16.6 Å². The first-order valence-corrected chi connectivity index (χ1v) is 7.61. The number of aromatic nitrogens is 3. The van der Waals surface area contributed by atoms with Crippen LogP contribution in [-0.2, 0) is 0 Å².